The van der Waals surface area contributed by atoms with Gasteiger partial charge < -0.3 is 4.90 Å². The molecule has 1 atom stereocenters. The van der Waals surface area contributed by atoms with Crippen molar-refractivity contribution >= 4 is 55.4 Å². The Bertz CT molecular complexity index is 1340. The second kappa shape index (κ2) is 10.4. The summed E-state index contributed by atoms with van der Waals surface area (Å²) in [5, 5.41) is 12.4. The quantitative estimate of drug-likeness (QED) is 0.447. The van der Waals surface area contributed by atoms with Crippen LogP contribution in [0.25, 0.3) is 0 Å². The fraction of sp³-hybridized carbons (Fsp3) is 0.333. The molecule has 3 aromatic rings. The highest BCUT2D eigenvalue weighted by Gasteiger charge is 2.34. The van der Waals surface area contributed by atoms with E-state index < -0.39 is 15.7 Å². The minimum absolute atomic E-state index is 0.00267. The molecule has 11 heteroatoms. The zero-order valence-electron chi connectivity index (χ0n) is 19.3. The van der Waals surface area contributed by atoms with Gasteiger partial charge in [-0.1, -0.05) is 48.9 Å². The minimum atomic E-state index is -3.62. The molecule has 8 nitrogen and oxygen atoms in total. The monoisotopic (exact) mass is 532 g/mol. The Hall–Kier alpha value is -2.82. The van der Waals surface area contributed by atoms with Crippen molar-refractivity contribution in [2.24, 2.45) is 5.92 Å². The molecule has 1 aromatic heterocycles. The number of hydrogen-bond donors (Lipinski definition) is 1. The number of aromatic nitrogens is 2. The number of rotatable bonds is 8. The van der Waals surface area contributed by atoms with Crippen molar-refractivity contribution in [2.45, 2.75) is 37.5 Å². The lowest BCUT2D eigenvalue weighted by Gasteiger charge is -2.16. The zero-order chi connectivity index (χ0) is 25.2. The summed E-state index contributed by atoms with van der Waals surface area (Å²) in [4.78, 5) is 27.2. The summed E-state index contributed by atoms with van der Waals surface area (Å²) < 4.78 is 25.7. The predicted molar refractivity (Wildman–Crippen MR) is 137 cm³/mol. The van der Waals surface area contributed by atoms with Gasteiger partial charge in [0.15, 0.2) is 9.84 Å². The molecule has 35 heavy (non-hydrogen) atoms. The molecule has 2 amide bonds. The first-order valence-corrected chi connectivity index (χ1v) is 14.0. The first kappa shape index (κ1) is 25.3. The topological polar surface area (TPSA) is 109 Å². The third-order valence-corrected chi connectivity index (χ3v) is 8.76. The van der Waals surface area contributed by atoms with Crippen LogP contribution in [-0.2, 0) is 14.6 Å². The van der Waals surface area contributed by atoms with Crippen molar-refractivity contribution < 1.29 is 18.0 Å². The molecule has 1 aliphatic heterocycles. The van der Waals surface area contributed by atoms with E-state index in [2.05, 4.69) is 15.5 Å². The molecule has 0 bridgehead atoms. The Labute approximate surface area is 213 Å². The Morgan fingerprint density at radius 1 is 1.17 bits per heavy atom. The van der Waals surface area contributed by atoms with Gasteiger partial charge in [0.2, 0.25) is 11.0 Å². The molecule has 1 aliphatic rings. The van der Waals surface area contributed by atoms with E-state index >= 15 is 0 Å². The number of hydrogen-bond acceptors (Lipinski definition) is 7. The van der Waals surface area contributed by atoms with E-state index in [1.165, 1.54) is 23.5 Å². The lowest BCUT2D eigenvalue weighted by Crippen LogP contribution is -2.24. The SMILES string of the molecule is CC(C)CCS(=O)(=O)c1ccccc1C(=O)Nc1nnc(C2CC(=O)N(c3ccc(Cl)cc3)C2)s1. The van der Waals surface area contributed by atoms with Crippen LogP contribution in [0, 0.1) is 5.92 Å². The van der Waals surface area contributed by atoms with Gasteiger partial charge >= 0.3 is 0 Å². The summed E-state index contributed by atoms with van der Waals surface area (Å²) in [7, 11) is -3.62. The van der Waals surface area contributed by atoms with Crippen LogP contribution in [-0.4, -0.2) is 42.7 Å². The lowest BCUT2D eigenvalue weighted by atomic mass is 10.1. The van der Waals surface area contributed by atoms with Gasteiger partial charge in [0, 0.05) is 29.6 Å². The molecule has 4 rings (SSSR count). The molecule has 1 unspecified atom stereocenters. The largest absolute Gasteiger partial charge is 0.312 e. The Kier molecular flexibility index (Phi) is 7.53. The Morgan fingerprint density at radius 3 is 2.60 bits per heavy atom. The van der Waals surface area contributed by atoms with Gasteiger partial charge in [-0.25, -0.2) is 8.42 Å². The molecule has 2 heterocycles. The van der Waals surface area contributed by atoms with Crippen LogP contribution in [0.15, 0.2) is 53.4 Å². The number of carbonyl (C=O) groups is 2. The van der Waals surface area contributed by atoms with E-state index in [0.29, 0.717) is 23.0 Å². The fourth-order valence-corrected chi connectivity index (χ4v) is 6.52. The number of benzene rings is 2. The van der Waals surface area contributed by atoms with Crippen molar-refractivity contribution in [3.8, 4) is 0 Å². The van der Waals surface area contributed by atoms with E-state index in [4.69, 9.17) is 11.6 Å². The standard InChI is InChI=1S/C24H25ClN4O4S2/c1-15(2)11-12-35(32,33)20-6-4-3-5-19(20)22(31)26-24-28-27-23(34-24)16-13-21(30)29(14-16)18-9-7-17(25)8-10-18/h3-10,15-16H,11-14H2,1-2H3,(H,26,28,31). The van der Waals surface area contributed by atoms with Crippen molar-refractivity contribution in [1.82, 2.24) is 10.2 Å². The average molecular weight is 533 g/mol. The highest BCUT2D eigenvalue weighted by Crippen LogP contribution is 2.34. The van der Waals surface area contributed by atoms with E-state index in [-0.39, 0.29) is 45.5 Å². The van der Waals surface area contributed by atoms with Crippen LogP contribution in [0.2, 0.25) is 5.02 Å². The number of anilines is 2. The van der Waals surface area contributed by atoms with E-state index in [0.717, 1.165) is 5.69 Å². The van der Waals surface area contributed by atoms with Crippen LogP contribution in [0.1, 0.15) is 48.0 Å². The highest BCUT2D eigenvalue weighted by molar-refractivity contribution is 7.91. The lowest BCUT2D eigenvalue weighted by molar-refractivity contribution is -0.117. The van der Waals surface area contributed by atoms with Crippen molar-refractivity contribution in [3.63, 3.8) is 0 Å². The predicted octanol–water partition coefficient (Wildman–Crippen LogP) is 4.78. The smallest absolute Gasteiger partial charge is 0.258 e. The van der Waals surface area contributed by atoms with Gasteiger partial charge in [-0.2, -0.15) is 0 Å². The minimum Gasteiger partial charge on any atom is -0.312 e. The maximum atomic E-state index is 13.0. The van der Waals surface area contributed by atoms with Gasteiger partial charge in [0.25, 0.3) is 5.91 Å². The number of nitrogens with one attached hydrogen (secondary N) is 1. The second-order valence-corrected chi connectivity index (χ2v) is 12.3. The van der Waals surface area contributed by atoms with Crippen LogP contribution in [0.5, 0.6) is 0 Å². The molecule has 1 saturated heterocycles. The maximum absolute atomic E-state index is 13.0. The summed E-state index contributed by atoms with van der Waals surface area (Å²) in [5.74, 6) is -0.563. The van der Waals surface area contributed by atoms with E-state index in [9.17, 15) is 18.0 Å². The average Bonchev–Trinajstić information content (AvgIpc) is 3.45. The Balaban J connectivity index is 1.47. The van der Waals surface area contributed by atoms with Crippen LogP contribution in [0.3, 0.4) is 0 Å². The van der Waals surface area contributed by atoms with Crippen molar-refractivity contribution in [1.29, 1.82) is 0 Å². The van der Waals surface area contributed by atoms with Crippen LogP contribution < -0.4 is 10.2 Å². The van der Waals surface area contributed by atoms with Gasteiger partial charge in [-0.15, -0.1) is 10.2 Å². The van der Waals surface area contributed by atoms with Crippen LogP contribution >= 0.6 is 22.9 Å². The number of sulfone groups is 1. The number of carbonyl (C=O) groups excluding carboxylic acids is 2. The fourth-order valence-electron chi connectivity index (χ4n) is 3.78. The second-order valence-electron chi connectivity index (χ2n) is 8.78. The molecule has 2 aromatic carbocycles. The molecule has 0 radical (unpaired) electrons. The van der Waals surface area contributed by atoms with Crippen molar-refractivity contribution in [2.75, 3.05) is 22.5 Å². The van der Waals surface area contributed by atoms with Gasteiger partial charge in [0.1, 0.15) is 5.01 Å². The van der Waals surface area contributed by atoms with Crippen molar-refractivity contribution in [3.05, 3.63) is 64.1 Å². The number of halogens is 1. The molecular weight excluding hydrogens is 508 g/mol. The third-order valence-electron chi connectivity index (χ3n) is 5.70. The molecule has 0 saturated carbocycles. The molecule has 1 N–H and O–H groups in total. The number of amides is 2. The highest BCUT2D eigenvalue weighted by atomic mass is 35.5. The normalized spacial score (nSPS) is 16.2. The Morgan fingerprint density at radius 2 is 1.89 bits per heavy atom. The summed E-state index contributed by atoms with van der Waals surface area (Å²) in [6.45, 7) is 4.35. The van der Waals surface area contributed by atoms with E-state index in [1.807, 2.05) is 13.8 Å². The first-order valence-electron chi connectivity index (χ1n) is 11.2. The summed E-state index contributed by atoms with van der Waals surface area (Å²) in [5.41, 5.74) is 0.827. The zero-order valence-corrected chi connectivity index (χ0v) is 21.7. The summed E-state index contributed by atoms with van der Waals surface area (Å²) >= 11 is 7.12. The van der Waals surface area contributed by atoms with Gasteiger partial charge in [-0.05, 0) is 48.7 Å². The van der Waals surface area contributed by atoms with Gasteiger partial charge in [-0.3, -0.25) is 14.9 Å². The molecular formula is C24H25ClN4O4S2. The molecule has 184 valence electrons. The van der Waals surface area contributed by atoms with Gasteiger partial charge in [0.05, 0.1) is 16.2 Å². The maximum Gasteiger partial charge on any atom is 0.258 e. The first-order chi connectivity index (χ1) is 16.6. The molecule has 1 fully saturated rings. The van der Waals surface area contributed by atoms with E-state index in [1.54, 1.807) is 41.3 Å². The van der Waals surface area contributed by atoms with Crippen LogP contribution in [0.4, 0.5) is 10.8 Å². The molecule has 0 spiro atoms. The third kappa shape index (κ3) is 5.88. The molecule has 0 aliphatic carbocycles. The number of nitrogens with zero attached hydrogens (tertiary/aromatic N) is 3. The summed E-state index contributed by atoms with van der Waals surface area (Å²) in [6.07, 6.45) is 0.785. The summed E-state index contributed by atoms with van der Waals surface area (Å²) in [6, 6.07) is 13.2.